The molecule has 2 rings (SSSR count). The first-order valence-electron chi connectivity index (χ1n) is 5.89. The number of aryl methyl sites for hydroxylation is 1. The van der Waals surface area contributed by atoms with Crippen molar-refractivity contribution in [2.75, 3.05) is 6.54 Å². The predicted octanol–water partition coefficient (Wildman–Crippen LogP) is 2.25. The van der Waals surface area contributed by atoms with Crippen LogP contribution in [0.2, 0.25) is 0 Å². The highest BCUT2D eigenvalue weighted by Gasteiger charge is 2.15. The first-order valence-corrected chi connectivity index (χ1v) is 5.89. The van der Waals surface area contributed by atoms with Gasteiger partial charge in [0.05, 0.1) is 11.2 Å². The zero-order chi connectivity index (χ0) is 12.3. The Hall–Kier alpha value is -1.79. The molecule has 0 aliphatic heterocycles. The Morgan fingerprint density at radius 3 is 2.94 bits per heavy atom. The summed E-state index contributed by atoms with van der Waals surface area (Å²) in [5.74, 6) is 2.77. The number of benzene rings is 1. The van der Waals surface area contributed by atoms with Crippen LogP contribution in [0.25, 0.3) is 10.9 Å². The first-order chi connectivity index (χ1) is 8.27. The number of fused-ring (bicyclic) bond motifs is 1. The summed E-state index contributed by atoms with van der Waals surface area (Å²) in [5, 5.41) is 8.98. The third-order valence-electron chi connectivity index (χ3n) is 2.82. The van der Waals surface area contributed by atoms with Gasteiger partial charge in [0.2, 0.25) is 0 Å². The Kier molecular flexibility index (Phi) is 3.46. The average Bonchev–Trinajstić information content (AvgIpc) is 2.69. The molecular formula is C14H17N3. The van der Waals surface area contributed by atoms with Crippen LogP contribution < -0.4 is 5.32 Å². The monoisotopic (exact) mass is 227 g/mol. The Balaban J connectivity index is 2.44. The van der Waals surface area contributed by atoms with Crippen molar-refractivity contribution in [1.82, 2.24) is 15.1 Å². The van der Waals surface area contributed by atoms with E-state index >= 15 is 0 Å². The third kappa shape index (κ3) is 2.17. The normalized spacial score (nSPS) is 12.5. The van der Waals surface area contributed by atoms with Crippen LogP contribution in [0.4, 0.5) is 0 Å². The van der Waals surface area contributed by atoms with Gasteiger partial charge in [0.15, 0.2) is 0 Å². The van der Waals surface area contributed by atoms with Crippen LogP contribution in [0.1, 0.15) is 25.1 Å². The van der Waals surface area contributed by atoms with E-state index in [1.165, 1.54) is 0 Å². The first kappa shape index (κ1) is 11.7. The zero-order valence-electron chi connectivity index (χ0n) is 10.3. The molecule has 0 spiro atoms. The lowest BCUT2D eigenvalue weighted by atomic mass is 10.1. The van der Waals surface area contributed by atoms with Crippen LogP contribution in [0.3, 0.4) is 0 Å². The summed E-state index contributed by atoms with van der Waals surface area (Å²) in [7, 11) is 1.94. The number of rotatable bonds is 4. The van der Waals surface area contributed by atoms with Crippen molar-refractivity contribution in [3.05, 3.63) is 30.0 Å². The van der Waals surface area contributed by atoms with Gasteiger partial charge < -0.3 is 0 Å². The summed E-state index contributed by atoms with van der Waals surface area (Å²) in [4.78, 5) is 0. The van der Waals surface area contributed by atoms with Gasteiger partial charge in [-0.05, 0) is 19.0 Å². The zero-order valence-corrected chi connectivity index (χ0v) is 10.3. The van der Waals surface area contributed by atoms with E-state index in [-0.39, 0.29) is 6.04 Å². The van der Waals surface area contributed by atoms with E-state index in [9.17, 15) is 0 Å². The molecule has 0 saturated carbocycles. The van der Waals surface area contributed by atoms with Gasteiger partial charge in [0, 0.05) is 12.4 Å². The van der Waals surface area contributed by atoms with E-state index in [1.54, 1.807) is 0 Å². The Labute approximate surface area is 102 Å². The molecule has 88 valence electrons. The van der Waals surface area contributed by atoms with Gasteiger partial charge in [-0.3, -0.25) is 10.00 Å². The molecule has 0 bridgehead atoms. The second kappa shape index (κ2) is 5.03. The average molecular weight is 227 g/mol. The van der Waals surface area contributed by atoms with Crippen LogP contribution >= 0.6 is 0 Å². The quantitative estimate of drug-likeness (QED) is 0.812. The molecule has 0 aliphatic rings. The number of terminal acetylenes is 1. The van der Waals surface area contributed by atoms with Gasteiger partial charge in [-0.15, -0.1) is 6.42 Å². The van der Waals surface area contributed by atoms with Crippen molar-refractivity contribution in [1.29, 1.82) is 0 Å². The van der Waals surface area contributed by atoms with Crippen LogP contribution in [0, 0.1) is 12.3 Å². The van der Waals surface area contributed by atoms with E-state index in [4.69, 9.17) is 6.42 Å². The molecule has 1 N–H and O–H groups in total. The summed E-state index contributed by atoms with van der Waals surface area (Å²) in [6.07, 6.45) is 6.64. The fourth-order valence-electron chi connectivity index (χ4n) is 1.98. The van der Waals surface area contributed by atoms with Crippen molar-refractivity contribution in [3.63, 3.8) is 0 Å². The van der Waals surface area contributed by atoms with Crippen molar-refractivity contribution >= 4 is 10.9 Å². The minimum atomic E-state index is -0.110. The fraction of sp³-hybridized carbons (Fsp3) is 0.357. The Morgan fingerprint density at radius 1 is 1.47 bits per heavy atom. The lowest BCUT2D eigenvalue weighted by Gasteiger charge is -2.09. The molecule has 1 unspecified atom stereocenters. The summed E-state index contributed by atoms with van der Waals surface area (Å²) in [6, 6.07) is 8.04. The van der Waals surface area contributed by atoms with Crippen molar-refractivity contribution in [2.24, 2.45) is 7.05 Å². The molecule has 1 aromatic carbocycles. The van der Waals surface area contributed by atoms with Crippen molar-refractivity contribution < 1.29 is 0 Å². The van der Waals surface area contributed by atoms with Gasteiger partial charge in [-0.25, -0.2) is 0 Å². The lowest BCUT2D eigenvalue weighted by Crippen LogP contribution is -2.21. The standard InChI is InChI=1S/C14H17N3/c1-4-10-15-12(5-2)14-11-8-6-7-9-13(11)17(3)16-14/h2,6-9,12,15H,4,10H2,1,3H3. The molecule has 1 heterocycles. The number of hydrogen-bond acceptors (Lipinski definition) is 2. The minimum absolute atomic E-state index is 0.110. The molecule has 1 aromatic heterocycles. The Bertz CT molecular complexity index is 548. The van der Waals surface area contributed by atoms with Crippen LogP contribution in [-0.4, -0.2) is 16.3 Å². The minimum Gasteiger partial charge on any atom is -0.299 e. The van der Waals surface area contributed by atoms with Crippen molar-refractivity contribution in [2.45, 2.75) is 19.4 Å². The van der Waals surface area contributed by atoms with Gasteiger partial charge in [-0.2, -0.15) is 5.10 Å². The van der Waals surface area contributed by atoms with E-state index in [0.717, 1.165) is 29.6 Å². The molecule has 17 heavy (non-hydrogen) atoms. The van der Waals surface area contributed by atoms with Crippen LogP contribution in [0.5, 0.6) is 0 Å². The molecule has 3 nitrogen and oxygen atoms in total. The number of aromatic nitrogens is 2. The Morgan fingerprint density at radius 2 is 2.24 bits per heavy atom. The smallest absolute Gasteiger partial charge is 0.114 e. The maximum absolute atomic E-state index is 5.58. The highest BCUT2D eigenvalue weighted by molar-refractivity contribution is 5.82. The van der Waals surface area contributed by atoms with Crippen LogP contribution in [0.15, 0.2) is 24.3 Å². The largest absolute Gasteiger partial charge is 0.299 e. The van der Waals surface area contributed by atoms with Gasteiger partial charge >= 0.3 is 0 Å². The summed E-state index contributed by atoms with van der Waals surface area (Å²) >= 11 is 0. The highest BCUT2D eigenvalue weighted by atomic mass is 15.3. The maximum Gasteiger partial charge on any atom is 0.114 e. The number of nitrogens with one attached hydrogen (secondary N) is 1. The van der Waals surface area contributed by atoms with Crippen molar-refractivity contribution in [3.8, 4) is 12.3 Å². The molecule has 1 atom stereocenters. The molecule has 2 aromatic rings. The third-order valence-corrected chi connectivity index (χ3v) is 2.82. The molecule has 0 aliphatic carbocycles. The number of nitrogens with zero attached hydrogens (tertiary/aromatic N) is 2. The van der Waals surface area contributed by atoms with E-state index in [2.05, 4.69) is 35.4 Å². The topological polar surface area (TPSA) is 29.9 Å². The van der Waals surface area contributed by atoms with Crippen LogP contribution in [-0.2, 0) is 7.05 Å². The molecule has 0 saturated heterocycles. The predicted molar refractivity (Wildman–Crippen MR) is 70.6 cm³/mol. The second-order valence-corrected chi connectivity index (χ2v) is 4.08. The van der Waals surface area contributed by atoms with E-state index < -0.39 is 0 Å². The highest BCUT2D eigenvalue weighted by Crippen LogP contribution is 2.22. The van der Waals surface area contributed by atoms with Gasteiger partial charge in [0.25, 0.3) is 0 Å². The number of para-hydroxylation sites is 1. The summed E-state index contributed by atoms with van der Waals surface area (Å²) < 4.78 is 1.88. The lowest BCUT2D eigenvalue weighted by molar-refractivity contribution is 0.605. The van der Waals surface area contributed by atoms with Gasteiger partial charge in [-0.1, -0.05) is 31.0 Å². The molecule has 3 heteroatoms. The molecule has 0 amide bonds. The SMILES string of the molecule is C#CC(NCCC)c1nn(C)c2ccccc12. The second-order valence-electron chi connectivity index (χ2n) is 4.08. The van der Waals surface area contributed by atoms with E-state index in [0.29, 0.717) is 0 Å². The molecule has 0 radical (unpaired) electrons. The molecular weight excluding hydrogens is 210 g/mol. The summed E-state index contributed by atoms with van der Waals surface area (Å²) in [5.41, 5.74) is 2.06. The van der Waals surface area contributed by atoms with Gasteiger partial charge in [0.1, 0.15) is 6.04 Å². The fourth-order valence-corrected chi connectivity index (χ4v) is 1.98. The summed E-state index contributed by atoms with van der Waals surface area (Å²) in [6.45, 7) is 3.02. The molecule has 0 fully saturated rings. The number of hydrogen-bond donors (Lipinski definition) is 1. The maximum atomic E-state index is 5.58. The van der Waals surface area contributed by atoms with E-state index in [1.807, 2.05) is 23.9 Å².